The van der Waals surface area contributed by atoms with Gasteiger partial charge in [0.2, 0.25) is 0 Å². The Kier molecular flexibility index (Phi) is 2.72. The van der Waals surface area contributed by atoms with Gasteiger partial charge < -0.3 is 9.97 Å². The lowest BCUT2D eigenvalue weighted by Crippen LogP contribution is -1.88. The molecule has 0 spiro atoms. The maximum Gasteiger partial charge on any atom is 0.157 e. The number of nitrogens with zero attached hydrogens (tertiary/aromatic N) is 3. The molecule has 2 aromatic carbocycles. The molecule has 24 heavy (non-hydrogen) atoms. The summed E-state index contributed by atoms with van der Waals surface area (Å²) in [4.78, 5) is 20.4. The van der Waals surface area contributed by atoms with Crippen molar-refractivity contribution in [1.29, 1.82) is 0 Å². The van der Waals surface area contributed by atoms with Crippen LogP contribution in [0.4, 0.5) is 0 Å². The fourth-order valence-corrected chi connectivity index (χ4v) is 2.87. The van der Waals surface area contributed by atoms with Crippen LogP contribution in [-0.4, -0.2) is 24.9 Å². The second-order valence-electron chi connectivity index (χ2n) is 5.63. The molecule has 0 aliphatic rings. The third-order valence-electron chi connectivity index (χ3n) is 4.05. The van der Waals surface area contributed by atoms with Gasteiger partial charge >= 0.3 is 0 Å². The van der Waals surface area contributed by atoms with E-state index in [0.717, 1.165) is 45.0 Å². The van der Waals surface area contributed by atoms with Crippen molar-refractivity contribution in [3.8, 4) is 22.9 Å². The molecule has 3 heterocycles. The lowest BCUT2D eigenvalue weighted by Gasteiger charge is -1.99. The van der Waals surface area contributed by atoms with Crippen LogP contribution >= 0.6 is 0 Å². The molecule has 0 aliphatic heterocycles. The zero-order valence-electron chi connectivity index (χ0n) is 12.7. The van der Waals surface area contributed by atoms with E-state index in [0.29, 0.717) is 0 Å². The van der Waals surface area contributed by atoms with Crippen molar-refractivity contribution >= 4 is 22.1 Å². The molecule has 0 saturated carbocycles. The maximum atomic E-state index is 4.65. The highest BCUT2D eigenvalue weighted by Crippen LogP contribution is 2.24. The SMILES string of the molecule is c1ccc2[nH]c(-c3ccnc(-c4nc5ccccc5[nH]4)c3)nc2c1. The molecule has 5 rings (SSSR count). The molecule has 0 fully saturated rings. The van der Waals surface area contributed by atoms with Crippen LogP contribution in [0.1, 0.15) is 0 Å². The van der Waals surface area contributed by atoms with E-state index in [-0.39, 0.29) is 0 Å². The number of pyridine rings is 1. The van der Waals surface area contributed by atoms with Crippen molar-refractivity contribution in [2.75, 3.05) is 0 Å². The Balaban J connectivity index is 1.62. The van der Waals surface area contributed by atoms with Crippen LogP contribution in [0.25, 0.3) is 45.0 Å². The maximum absolute atomic E-state index is 4.65. The van der Waals surface area contributed by atoms with E-state index in [2.05, 4.69) is 24.9 Å². The first-order valence-electron chi connectivity index (χ1n) is 7.73. The van der Waals surface area contributed by atoms with E-state index in [9.17, 15) is 0 Å². The van der Waals surface area contributed by atoms with E-state index in [1.54, 1.807) is 6.20 Å². The zero-order chi connectivity index (χ0) is 15.9. The van der Waals surface area contributed by atoms with Crippen molar-refractivity contribution in [3.05, 3.63) is 66.9 Å². The van der Waals surface area contributed by atoms with Crippen molar-refractivity contribution < 1.29 is 0 Å². The van der Waals surface area contributed by atoms with E-state index in [1.165, 1.54) is 0 Å². The van der Waals surface area contributed by atoms with Gasteiger partial charge in [0.05, 0.1) is 22.1 Å². The first kappa shape index (κ1) is 13.0. The van der Waals surface area contributed by atoms with Crippen LogP contribution in [0.15, 0.2) is 66.9 Å². The summed E-state index contributed by atoms with van der Waals surface area (Å²) in [7, 11) is 0. The number of hydrogen-bond acceptors (Lipinski definition) is 3. The molecular weight excluding hydrogens is 298 g/mol. The number of hydrogen-bond donors (Lipinski definition) is 2. The highest BCUT2D eigenvalue weighted by Gasteiger charge is 2.10. The second kappa shape index (κ2) is 5.03. The van der Waals surface area contributed by atoms with Crippen molar-refractivity contribution in [1.82, 2.24) is 24.9 Å². The van der Waals surface area contributed by atoms with Gasteiger partial charge in [-0.3, -0.25) is 4.98 Å². The molecule has 114 valence electrons. The molecule has 0 saturated heterocycles. The number of fused-ring (bicyclic) bond motifs is 2. The summed E-state index contributed by atoms with van der Waals surface area (Å²) in [6, 6.07) is 19.9. The number of H-pyrrole nitrogens is 2. The summed E-state index contributed by atoms with van der Waals surface area (Å²) in [5.41, 5.74) is 5.69. The minimum absolute atomic E-state index is 0.758. The fourth-order valence-electron chi connectivity index (χ4n) is 2.87. The van der Waals surface area contributed by atoms with Crippen molar-refractivity contribution in [2.24, 2.45) is 0 Å². The first-order valence-corrected chi connectivity index (χ1v) is 7.73. The number of aromatic amines is 2. The Morgan fingerprint density at radius 2 is 1.29 bits per heavy atom. The van der Waals surface area contributed by atoms with Crippen LogP contribution < -0.4 is 0 Å². The molecule has 0 amide bonds. The van der Waals surface area contributed by atoms with Crippen LogP contribution in [0.2, 0.25) is 0 Å². The highest BCUT2D eigenvalue weighted by molar-refractivity contribution is 5.81. The normalized spacial score (nSPS) is 11.3. The number of para-hydroxylation sites is 4. The van der Waals surface area contributed by atoms with E-state index in [1.807, 2.05) is 60.7 Å². The molecule has 0 radical (unpaired) electrons. The van der Waals surface area contributed by atoms with Gasteiger partial charge in [-0.2, -0.15) is 0 Å². The number of aromatic nitrogens is 5. The van der Waals surface area contributed by atoms with Gasteiger partial charge in [0.25, 0.3) is 0 Å². The van der Waals surface area contributed by atoms with Gasteiger partial charge in [0.1, 0.15) is 11.5 Å². The third kappa shape index (κ3) is 2.06. The Morgan fingerprint density at radius 3 is 2.00 bits per heavy atom. The molecule has 0 aliphatic carbocycles. The summed E-state index contributed by atoms with van der Waals surface area (Å²) in [6.07, 6.45) is 1.78. The Labute approximate surface area is 137 Å². The van der Waals surface area contributed by atoms with Crippen molar-refractivity contribution in [2.45, 2.75) is 0 Å². The monoisotopic (exact) mass is 311 g/mol. The smallest absolute Gasteiger partial charge is 0.157 e. The summed E-state index contributed by atoms with van der Waals surface area (Å²) in [5.74, 6) is 1.59. The molecule has 0 unspecified atom stereocenters. The molecule has 5 nitrogen and oxygen atoms in total. The predicted molar refractivity (Wildman–Crippen MR) is 94.4 cm³/mol. The molecule has 5 heteroatoms. The average Bonchev–Trinajstić information content (AvgIpc) is 3.26. The quantitative estimate of drug-likeness (QED) is 0.514. The van der Waals surface area contributed by atoms with E-state index >= 15 is 0 Å². The Morgan fingerprint density at radius 1 is 0.667 bits per heavy atom. The largest absolute Gasteiger partial charge is 0.338 e. The third-order valence-corrected chi connectivity index (χ3v) is 4.05. The molecule has 2 N–H and O–H groups in total. The number of nitrogens with one attached hydrogen (secondary N) is 2. The number of imidazole rings is 2. The minimum atomic E-state index is 0.758. The molecule has 0 bridgehead atoms. The van der Waals surface area contributed by atoms with Gasteiger partial charge in [-0.1, -0.05) is 24.3 Å². The summed E-state index contributed by atoms with van der Waals surface area (Å²) < 4.78 is 0. The highest BCUT2D eigenvalue weighted by atomic mass is 15.0. The minimum Gasteiger partial charge on any atom is -0.338 e. The van der Waals surface area contributed by atoms with Gasteiger partial charge in [0.15, 0.2) is 5.82 Å². The number of benzene rings is 2. The predicted octanol–water partition coefficient (Wildman–Crippen LogP) is 4.17. The Bertz CT molecular complexity index is 1010. The lowest BCUT2D eigenvalue weighted by atomic mass is 10.2. The molecule has 3 aromatic heterocycles. The molecule has 0 atom stereocenters. The summed E-state index contributed by atoms with van der Waals surface area (Å²) in [6.45, 7) is 0. The van der Waals surface area contributed by atoms with E-state index < -0.39 is 0 Å². The zero-order valence-corrected chi connectivity index (χ0v) is 12.7. The van der Waals surface area contributed by atoms with Crippen LogP contribution in [-0.2, 0) is 0 Å². The lowest BCUT2D eigenvalue weighted by molar-refractivity contribution is 1.23. The van der Waals surface area contributed by atoms with Gasteiger partial charge in [-0.05, 0) is 36.4 Å². The van der Waals surface area contributed by atoms with Gasteiger partial charge in [0, 0.05) is 11.8 Å². The topological polar surface area (TPSA) is 70.2 Å². The van der Waals surface area contributed by atoms with Crippen LogP contribution in [0.3, 0.4) is 0 Å². The fraction of sp³-hybridized carbons (Fsp3) is 0. The second-order valence-corrected chi connectivity index (χ2v) is 5.63. The van der Waals surface area contributed by atoms with Crippen molar-refractivity contribution in [3.63, 3.8) is 0 Å². The van der Waals surface area contributed by atoms with E-state index in [4.69, 9.17) is 0 Å². The molecular formula is C19H13N5. The van der Waals surface area contributed by atoms with Gasteiger partial charge in [-0.25, -0.2) is 9.97 Å². The van der Waals surface area contributed by atoms with Gasteiger partial charge in [-0.15, -0.1) is 0 Å². The standard InChI is InChI=1S/C19H13N5/c1-2-6-14-13(5-1)21-18(22-14)12-9-10-20-17(11-12)19-23-15-7-3-4-8-16(15)24-19/h1-11H,(H,21,22)(H,23,24). The van der Waals surface area contributed by atoms with Crippen LogP contribution in [0, 0.1) is 0 Å². The summed E-state index contributed by atoms with van der Waals surface area (Å²) >= 11 is 0. The average molecular weight is 311 g/mol. The first-order chi connectivity index (χ1) is 11.9. The summed E-state index contributed by atoms with van der Waals surface area (Å²) in [5, 5.41) is 0. The number of rotatable bonds is 2. The van der Waals surface area contributed by atoms with Crippen LogP contribution in [0.5, 0.6) is 0 Å². The molecule has 5 aromatic rings. The Hall–Kier alpha value is -3.47.